The molecule has 0 aliphatic rings. The van der Waals surface area contributed by atoms with Crippen LogP contribution in [0.15, 0.2) is 15.7 Å². The summed E-state index contributed by atoms with van der Waals surface area (Å²) in [5.41, 5.74) is 0.146. The molecule has 2 heterocycles. The fraction of sp³-hybridized carbons (Fsp3) is 0.438. The van der Waals surface area contributed by atoms with E-state index in [1.165, 1.54) is 22.1 Å². The predicted octanol–water partition coefficient (Wildman–Crippen LogP) is 2.06. The van der Waals surface area contributed by atoms with Gasteiger partial charge < -0.3 is 5.32 Å². The average Bonchev–Trinajstić information content (AvgIpc) is 2.92. The minimum Gasteiger partial charge on any atom is -0.363 e. The number of aromatic nitrogens is 2. The highest BCUT2D eigenvalue weighted by molar-refractivity contribution is 7.12. The first-order chi connectivity index (χ1) is 10.8. The van der Waals surface area contributed by atoms with Crippen LogP contribution in [-0.4, -0.2) is 9.13 Å². The van der Waals surface area contributed by atoms with Crippen LogP contribution in [-0.2, 0) is 20.5 Å². The van der Waals surface area contributed by atoms with Gasteiger partial charge in [0.15, 0.2) is 5.56 Å². The summed E-state index contributed by atoms with van der Waals surface area (Å²) in [6.45, 7) is 6.13. The zero-order chi connectivity index (χ0) is 17.3. The van der Waals surface area contributed by atoms with E-state index in [-0.39, 0.29) is 17.4 Å². The van der Waals surface area contributed by atoms with Crippen molar-refractivity contribution in [1.29, 1.82) is 5.26 Å². The zero-order valence-corrected chi connectivity index (χ0v) is 14.7. The summed E-state index contributed by atoms with van der Waals surface area (Å²) < 4.78 is 2.25. The van der Waals surface area contributed by atoms with Crippen molar-refractivity contribution in [3.8, 4) is 6.07 Å². The lowest BCUT2D eigenvalue weighted by Crippen LogP contribution is -2.40. The lowest BCUT2D eigenvalue weighted by Gasteiger charge is -2.18. The third-order valence-electron chi connectivity index (χ3n) is 3.92. The second kappa shape index (κ2) is 6.42. The van der Waals surface area contributed by atoms with Crippen LogP contribution in [0.5, 0.6) is 0 Å². The molecule has 0 spiro atoms. The van der Waals surface area contributed by atoms with Crippen LogP contribution in [0.4, 0.5) is 5.82 Å². The molecule has 0 saturated carbocycles. The average molecular weight is 332 g/mol. The highest BCUT2D eigenvalue weighted by Gasteiger charge is 2.19. The summed E-state index contributed by atoms with van der Waals surface area (Å²) in [5.74, 6) is 0.261. The van der Waals surface area contributed by atoms with E-state index < -0.39 is 11.2 Å². The Kier molecular flexibility index (Phi) is 4.76. The van der Waals surface area contributed by atoms with Gasteiger partial charge >= 0.3 is 5.69 Å². The Morgan fingerprint density at radius 2 is 2.00 bits per heavy atom. The Morgan fingerprint density at radius 1 is 1.35 bits per heavy atom. The molecule has 2 rings (SSSR count). The van der Waals surface area contributed by atoms with Crippen LogP contribution in [0.1, 0.15) is 40.8 Å². The molecule has 0 amide bonds. The van der Waals surface area contributed by atoms with E-state index >= 15 is 0 Å². The van der Waals surface area contributed by atoms with E-state index in [9.17, 15) is 14.9 Å². The maximum atomic E-state index is 12.1. The van der Waals surface area contributed by atoms with Crippen LogP contribution in [0.2, 0.25) is 0 Å². The molecular formula is C16H20N4O2S. The standard InChI is InChI=1S/C16H20N4O2S/c1-6-12-9(2)7-13(23-12)10(3)18-14-11(8-17)15(21)20(5)16(22)19(14)4/h7,10,18H,6H2,1-5H3. The first-order valence-corrected chi connectivity index (χ1v) is 8.19. The minimum atomic E-state index is -0.582. The molecule has 0 aliphatic carbocycles. The summed E-state index contributed by atoms with van der Waals surface area (Å²) in [6, 6.07) is 3.90. The maximum Gasteiger partial charge on any atom is 0.332 e. The van der Waals surface area contributed by atoms with Crippen molar-refractivity contribution in [3.63, 3.8) is 0 Å². The zero-order valence-electron chi connectivity index (χ0n) is 13.9. The van der Waals surface area contributed by atoms with Gasteiger partial charge in [-0.25, -0.2) is 4.79 Å². The molecule has 0 bridgehead atoms. The molecule has 122 valence electrons. The van der Waals surface area contributed by atoms with Gasteiger partial charge in [-0.1, -0.05) is 6.92 Å². The van der Waals surface area contributed by atoms with Gasteiger partial charge in [0, 0.05) is 23.8 Å². The van der Waals surface area contributed by atoms with Gasteiger partial charge in [-0.3, -0.25) is 13.9 Å². The molecule has 1 unspecified atom stereocenters. The van der Waals surface area contributed by atoms with Crippen molar-refractivity contribution < 1.29 is 0 Å². The van der Waals surface area contributed by atoms with E-state index in [4.69, 9.17) is 0 Å². The molecule has 7 heteroatoms. The number of nitrogens with zero attached hydrogens (tertiary/aromatic N) is 3. The molecule has 2 aromatic rings. The van der Waals surface area contributed by atoms with Gasteiger partial charge in [0.25, 0.3) is 5.56 Å². The van der Waals surface area contributed by atoms with Crippen molar-refractivity contribution in [2.45, 2.75) is 33.2 Å². The van der Waals surface area contributed by atoms with Crippen LogP contribution in [0.25, 0.3) is 0 Å². The molecule has 0 radical (unpaired) electrons. The van der Waals surface area contributed by atoms with Gasteiger partial charge in [0.2, 0.25) is 0 Å². The summed E-state index contributed by atoms with van der Waals surface area (Å²) in [6.07, 6.45) is 0.969. The van der Waals surface area contributed by atoms with Crippen LogP contribution < -0.4 is 16.6 Å². The highest BCUT2D eigenvalue weighted by Crippen LogP contribution is 2.29. The lowest BCUT2D eigenvalue weighted by molar-refractivity contribution is 0.679. The second-order valence-corrected chi connectivity index (χ2v) is 6.68. The number of nitriles is 1. The molecule has 6 nitrogen and oxygen atoms in total. The van der Waals surface area contributed by atoms with Gasteiger partial charge in [-0.05, 0) is 31.9 Å². The topological polar surface area (TPSA) is 79.8 Å². The monoisotopic (exact) mass is 332 g/mol. The molecular weight excluding hydrogens is 312 g/mol. The Labute approximate surface area is 138 Å². The highest BCUT2D eigenvalue weighted by atomic mass is 32.1. The minimum absolute atomic E-state index is 0.0505. The Balaban J connectivity index is 2.49. The SMILES string of the molecule is CCc1sc(C(C)Nc2c(C#N)c(=O)n(C)c(=O)n2C)cc1C. The first-order valence-electron chi connectivity index (χ1n) is 7.37. The summed E-state index contributed by atoms with van der Waals surface area (Å²) >= 11 is 1.70. The Bertz CT molecular complexity index is 899. The van der Waals surface area contributed by atoms with Gasteiger partial charge in [0.05, 0.1) is 6.04 Å². The first kappa shape index (κ1) is 17.0. The van der Waals surface area contributed by atoms with E-state index in [1.807, 2.05) is 13.0 Å². The van der Waals surface area contributed by atoms with E-state index in [0.29, 0.717) is 0 Å². The normalized spacial score (nSPS) is 12.0. The van der Waals surface area contributed by atoms with Crippen molar-refractivity contribution in [1.82, 2.24) is 9.13 Å². The fourth-order valence-corrected chi connectivity index (χ4v) is 3.62. The van der Waals surface area contributed by atoms with Gasteiger partial charge in [0.1, 0.15) is 11.9 Å². The molecule has 0 saturated heterocycles. The largest absolute Gasteiger partial charge is 0.363 e. The number of hydrogen-bond donors (Lipinski definition) is 1. The van der Waals surface area contributed by atoms with E-state index in [0.717, 1.165) is 15.9 Å². The third-order valence-corrected chi connectivity index (χ3v) is 5.48. The van der Waals surface area contributed by atoms with Crippen molar-refractivity contribution in [2.75, 3.05) is 5.32 Å². The molecule has 1 atom stereocenters. The Hall–Kier alpha value is -2.33. The van der Waals surface area contributed by atoms with Crippen molar-refractivity contribution in [3.05, 3.63) is 47.8 Å². The van der Waals surface area contributed by atoms with E-state index in [1.54, 1.807) is 18.4 Å². The van der Waals surface area contributed by atoms with Crippen LogP contribution in [0, 0.1) is 18.3 Å². The maximum absolute atomic E-state index is 12.1. The van der Waals surface area contributed by atoms with Crippen molar-refractivity contribution in [2.24, 2.45) is 14.1 Å². The number of thiophene rings is 1. The number of hydrogen-bond acceptors (Lipinski definition) is 5. The summed E-state index contributed by atoms with van der Waals surface area (Å²) in [4.78, 5) is 26.6. The molecule has 0 aliphatic heterocycles. The van der Waals surface area contributed by atoms with Gasteiger partial charge in [-0.2, -0.15) is 5.26 Å². The number of aryl methyl sites for hydroxylation is 2. The molecule has 23 heavy (non-hydrogen) atoms. The smallest absolute Gasteiger partial charge is 0.332 e. The number of rotatable bonds is 4. The Morgan fingerprint density at radius 3 is 2.52 bits per heavy atom. The molecule has 1 N–H and O–H groups in total. The van der Waals surface area contributed by atoms with Crippen LogP contribution in [0.3, 0.4) is 0 Å². The predicted molar refractivity (Wildman–Crippen MR) is 92.1 cm³/mol. The van der Waals surface area contributed by atoms with Gasteiger partial charge in [-0.15, -0.1) is 11.3 Å². The van der Waals surface area contributed by atoms with Crippen LogP contribution >= 0.6 is 11.3 Å². The summed E-state index contributed by atoms with van der Waals surface area (Å²) in [7, 11) is 2.92. The third kappa shape index (κ3) is 2.94. The quantitative estimate of drug-likeness (QED) is 0.929. The second-order valence-electron chi connectivity index (χ2n) is 5.52. The fourth-order valence-electron chi connectivity index (χ4n) is 2.50. The number of anilines is 1. The molecule has 0 fully saturated rings. The number of nitrogens with one attached hydrogen (secondary N) is 1. The molecule has 0 aromatic carbocycles. The molecule has 2 aromatic heterocycles. The lowest BCUT2D eigenvalue weighted by atomic mass is 10.2. The van der Waals surface area contributed by atoms with Crippen molar-refractivity contribution >= 4 is 17.2 Å². The van der Waals surface area contributed by atoms with E-state index in [2.05, 4.69) is 25.2 Å². The summed E-state index contributed by atoms with van der Waals surface area (Å²) in [5, 5.41) is 12.4.